The Labute approximate surface area is 99.6 Å². The topological polar surface area (TPSA) is 75.7 Å². The lowest BCUT2D eigenvalue weighted by molar-refractivity contribution is -0.138. The van der Waals surface area contributed by atoms with E-state index >= 15 is 0 Å². The monoisotopic (exact) mass is 240 g/mol. The third kappa shape index (κ3) is 2.83. The fourth-order valence-corrected chi connectivity index (χ4v) is 1.53. The Morgan fingerprint density at radius 2 is 2.18 bits per heavy atom. The number of imide groups is 1. The van der Waals surface area contributed by atoms with Gasteiger partial charge in [-0.2, -0.15) is 0 Å². The van der Waals surface area contributed by atoms with Gasteiger partial charge in [-0.05, 0) is 20.3 Å². The van der Waals surface area contributed by atoms with Crippen molar-refractivity contribution in [3.05, 3.63) is 12.7 Å². The van der Waals surface area contributed by atoms with E-state index in [-0.39, 0.29) is 12.5 Å². The van der Waals surface area contributed by atoms with Gasteiger partial charge < -0.3 is 9.64 Å². The molecule has 0 saturated carbocycles. The van der Waals surface area contributed by atoms with Crippen molar-refractivity contribution in [2.75, 3.05) is 13.2 Å². The average molecular weight is 240 g/mol. The Balaban J connectivity index is 2.41. The van der Waals surface area contributed by atoms with Gasteiger partial charge in [0.05, 0.1) is 6.61 Å². The minimum Gasteiger partial charge on any atom is -0.462 e. The molecular formula is C11H16N2O4. The Hall–Kier alpha value is -1.85. The molecule has 94 valence electrons. The molecule has 17 heavy (non-hydrogen) atoms. The molecule has 0 atom stereocenters. The van der Waals surface area contributed by atoms with Crippen molar-refractivity contribution < 1.29 is 19.1 Å². The van der Waals surface area contributed by atoms with Crippen LogP contribution in [-0.2, 0) is 14.3 Å². The maximum atomic E-state index is 11.5. The minimum atomic E-state index is -0.848. The van der Waals surface area contributed by atoms with Gasteiger partial charge in [0.2, 0.25) is 0 Å². The summed E-state index contributed by atoms with van der Waals surface area (Å²) in [6.07, 6.45) is 1.56. The van der Waals surface area contributed by atoms with Crippen LogP contribution in [0.3, 0.4) is 0 Å². The lowest BCUT2D eigenvalue weighted by Crippen LogP contribution is -2.44. The molecule has 0 bridgehead atoms. The molecular weight excluding hydrogens is 224 g/mol. The van der Waals surface area contributed by atoms with Gasteiger partial charge in [0.25, 0.3) is 5.91 Å². The number of amides is 3. The molecule has 1 rings (SSSR count). The molecule has 0 aromatic rings. The van der Waals surface area contributed by atoms with Gasteiger partial charge in [0.1, 0.15) is 5.54 Å². The molecule has 6 heteroatoms. The van der Waals surface area contributed by atoms with Gasteiger partial charge in [-0.25, -0.2) is 9.59 Å². The number of esters is 1. The lowest BCUT2D eigenvalue weighted by atomic mass is 10.0. The van der Waals surface area contributed by atoms with E-state index < -0.39 is 17.5 Å². The Morgan fingerprint density at radius 1 is 1.53 bits per heavy atom. The van der Waals surface area contributed by atoms with Gasteiger partial charge >= 0.3 is 12.0 Å². The third-order valence-corrected chi connectivity index (χ3v) is 2.63. The van der Waals surface area contributed by atoms with Crippen LogP contribution in [0.15, 0.2) is 12.7 Å². The van der Waals surface area contributed by atoms with Gasteiger partial charge in [-0.3, -0.25) is 10.1 Å². The van der Waals surface area contributed by atoms with E-state index in [1.807, 2.05) is 0 Å². The van der Waals surface area contributed by atoms with Crippen molar-refractivity contribution in [1.82, 2.24) is 10.2 Å². The number of nitrogens with one attached hydrogen (secondary N) is 1. The van der Waals surface area contributed by atoms with Crippen LogP contribution in [0.25, 0.3) is 0 Å². The maximum Gasteiger partial charge on any atom is 0.330 e. The second-order valence-electron chi connectivity index (χ2n) is 4.20. The van der Waals surface area contributed by atoms with Crippen LogP contribution in [0.1, 0.15) is 20.3 Å². The van der Waals surface area contributed by atoms with Crippen molar-refractivity contribution in [1.29, 1.82) is 0 Å². The van der Waals surface area contributed by atoms with Crippen LogP contribution in [0.2, 0.25) is 0 Å². The summed E-state index contributed by atoms with van der Waals surface area (Å²) in [6.45, 7) is 7.16. The first kappa shape index (κ1) is 13.2. The summed E-state index contributed by atoms with van der Waals surface area (Å²) >= 11 is 0. The minimum absolute atomic E-state index is 0.193. The van der Waals surface area contributed by atoms with Crippen molar-refractivity contribution in [2.45, 2.75) is 25.8 Å². The molecule has 0 aromatic carbocycles. The third-order valence-electron chi connectivity index (χ3n) is 2.63. The highest BCUT2D eigenvalue weighted by Gasteiger charge is 2.44. The predicted molar refractivity (Wildman–Crippen MR) is 60.1 cm³/mol. The highest BCUT2D eigenvalue weighted by molar-refractivity contribution is 6.06. The molecule has 3 amide bonds. The molecule has 1 fully saturated rings. The van der Waals surface area contributed by atoms with Gasteiger partial charge in [-0.1, -0.05) is 6.58 Å². The van der Waals surface area contributed by atoms with Crippen molar-refractivity contribution >= 4 is 17.9 Å². The van der Waals surface area contributed by atoms with Crippen LogP contribution in [0, 0.1) is 0 Å². The number of urea groups is 1. The number of nitrogens with zero attached hydrogens (tertiary/aromatic N) is 1. The first-order valence-corrected chi connectivity index (χ1v) is 5.32. The average Bonchev–Trinajstić information content (AvgIpc) is 2.45. The predicted octanol–water partition coefficient (Wildman–Crippen LogP) is 0.436. The normalized spacial score (nSPS) is 17.9. The quantitative estimate of drug-likeness (QED) is 0.327. The second kappa shape index (κ2) is 4.99. The van der Waals surface area contributed by atoms with E-state index in [1.54, 1.807) is 13.8 Å². The van der Waals surface area contributed by atoms with Gasteiger partial charge in [0.15, 0.2) is 0 Å². The van der Waals surface area contributed by atoms with E-state index in [0.29, 0.717) is 13.0 Å². The van der Waals surface area contributed by atoms with Crippen LogP contribution in [0.4, 0.5) is 4.79 Å². The summed E-state index contributed by atoms with van der Waals surface area (Å²) in [4.78, 5) is 35.1. The first-order valence-electron chi connectivity index (χ1n) is 5.32. The van der Waals surface area contributed by atoms with E-state index in [1.165, 1.54) is 4.90 Å². The Bertz CT molecular complexity index is 362. The summed E-state index contributed by atoms with van der Waals surface area (Å²) in [5.74, 6) is -0.809. The summed E-state index contributed by atoms with van der Waals surface area (Å²) < 4.78 is 4.78. The summed E-state index contributed by atoms with van der Waals surface area (Å²) in [6, 6.07) is -0.407. The number of carbonyl (C=O) groups excluding carboxylic acids is 3. The summed E-state index contributed by atoms with van der Waals surface area (Å²) in [7, 11) is 0. The molecule has 1 aliphatic rings. The van der Waals surface area contributed by atoms with E-state index in [4.69, 9.17) is 4.74 Å². The van der Waals surface area contributed by atoms with Crippen LogP contribution < -0.4 is 5.32 Å². The molecule has 1 saturated heterocycles. The highest BCUT2D eigenvalue weighted by Crippen LogP contribution is 2.20. The van der Waals surface area contributed by atoms with Crippen molar-refractivity contribution in [3.8, 4) is 0 Å². The standard InChI is InChI=1S/C11H16N2O4/c1-4-8(14)17-7-5-6-13-10(16)12-9(15)11(13,2)3/h4H,1,5-7H2,2-3H3,(H,12,15,16). The molecule has 1 N–H and O–H groups in total. The zero-order chi connectivity index (χ0) is 13.1. The molecule has 1 aliphatic heterocycles. The smallest absolute Gasteiger partial charge is 0.330 e. The van der Waals surface area contributed by atoms with Crippen LogP contribution >= 0.6 is 0 Å². The number of carbonyl (C=O) groups is 3. The van der Waals surface area contributed by atoms with Crippen molar-refractivity contribution in [3.63, 3.8) is 0 Å². The van der Waals surface area contributed by atoms with E-state index in [0.717, 1.165) is 6.08 Å². The SMILES string of the molecule is C=CC(=O)OCCCN1C(=O)NC(=O)C1(C)C. The second-order valence-corrected chi connectivity index (χ2v) is 4.20. The fourth-order valence-electron chi connectivity index (χ4n) is 1.53. The van der Waals surface area contributed by atoms with Gasteiger partial charge in [0, 0.05) is 12.6 Å². The molecule has 1 heterocycles. The number of ether oxygens (including phenoxy) is 1. The van der Waals surface area contributed by atoms with Gasteiger partial charge in [-0.15, -0.1) is 0 Å². The number of rotatable bonds is 5. The van der Waals surface area contributed by atoms with E-state index in [9.17, 15) is 14.4 Å². The molecule has 0 aliphatic carbocycles. The molecule has 0 aromatic heterocycles. The first-order chi connectivity index (χ1) is 7.89. The number of hydrogen-bond donors (Lipinski definition) is 1. The zero-order valence-corrected chi connectivity index (χ0v) is 9.99. The molecule has 0 spiro atoms. The molecule has 0 unspecified atom stereocenters. The Morgan fingerprint density at radius 3 is 2.65 bits per heavy atom. The molecule has 0 radical (unpaired) electrons. The summed E-state index contributed by atoms with van der Waals surface area (Å²) in [5.41, 5.74) is -0.848. The maximum absolute atomic E-state index is 11.5. The number of hydrogen-bond acceptors (Lipinski definition) is 4. The van der Waals surface area contributed by atoms with Crippen LogP contribution in [0.5, 0.6) is 0 Å². The van der Waals surface area contributed by atoms with Crippen molar-refractivity contribution in [2.24, 2.45) is 0 Å². The van der Waals surface area contributed by atoms with E-state index in [2.05, 4.69) is 11.9 Å². The largest absolute Gasteiger partial charge is 0.462 e. The zero-order valence-electron chi connectivity index (χ0n) is 9.99. The molecule has 6 nitrogen and oxygen atoms in total. The van der Waals surface area contributed by atoms with Crippen LogP contribution in [-0.4, -0.2) is 41.5 Å². The highest BCUT2D eigenvalue weighted by atomic mass is 16.5. The Kier molecular flexibility index (Phi) is 3.88. The summed E-state index contributed by atoms with van der Waals surface area (Å²) in [5, 5.41) is 2.24. The fraction of sp³-hybridized carbons (Fsp3) is 0.545. The lowest BCUT2D eigenvalue weighted by Gasteiger charge is -2.27.